The van der Waals surface area contributed by atoms with Gasteiger partial charge in [-0.2, -0.15) is 0 Å². The van der Waals surface area contributed by atoms with Gasteiger partial charge in [-0.1, -0.05) is 24.3 Å². The van der Waals surface area contributed by atoms with Crippen LogP contribution < -0.4 is 5.32 Å². The molecule has 1 saturated heterocycles. The first-order valence-corrected chi connectivity index (χ1v) is 10.5. The minimum Gasteiger partial charge on any atom is -0.350 e. The van der Waals surface area contributed by atoms with Crippen LogP contribution in [-0.2, 0) is 9.59 Å². The number of hydrogen-bond donors (Lipinski definition) is 1. The molecule has 0 aliphatic carbocycles. The van der Waals surface area contributed by atoms with Crippen molar-refractivity contribution < 1.29 is 14.4 Å². The van der Waals surface area contributed by atoms with Crippen LogP contribution in [0.3, 0.4) is 0 Å². The number of nitrogens with one attached hydrogen (secondary N) is 1. The van der Waals surface area contributed by atoms with E-state index in [-0.39, 0.29) is 29.8 Å². The fraction of sp³-hybridized carbons (Fsp3) is 0.478. The number of rotatable bonds is 5. The van der Waals surface area contributed by atoms with Crippen molar-refractivity contribution in [3.05, 3.63) is 42.1 Å². The molecule has 1 aromatic carbocycles. The standard InChI is InChI=1S/C23H31N5O3/c1-23(2,3)25-20(29)15-27-11-13-28(14-12-27)21(30)16-26(4)22(31)19-10-9-17-7-5-6-8-18(17)24-19/h5-10H,11-16H2,1-4H3,(H,25,29). The predicted molar refractivity (Wildman–Crippen MR) is 120 cm³/mol. The number of amides is 3. The molecule has 2 aromatic rings. The molecule has 1 N–H and O–H groups in total. The summed E-state index contributed by atoms with van der Waals surface area (Å²) in [7, 11) is 1.62. The summed E-state index contributed by atoms with van der Waals surface area (Å²) in [5.74, 6) is -0.396. The van der Waals surface area contributed by atoms with Crippen molar-refractivity contribution in [3.63, 3.8) is 0 Å². The smallest absolute Gasteiger partial charge is 0.272 e. The Morgan fingerprint density at radius 1 is 1.03 bits per heavy atom. The lowest BCUT2D eigenvalue weighted by Gasteiger charge is -2.35. The lowest BCUT2D eigenvalue weighted by molar-refractivity contribution is -0.133. The Morgan fingerprint density at radius 3 is 2.39 bits per heavy atom. The molecule has 31 heavy (non-hydrogen) atoms. The van der Waals surface area contributed by atoms with E-state index in [1.54, 1.807) is 18.0 Å². The molecule has 1 aliphatic heterocycles. The molecule has 1 aromatic heterocycles. The zero-order chi connectivity index (χ0) is 22.6. The van der Waals surface area contributed by atoms with E-state index in [1.165, 1.54) is 4.90 Å². The van der Waals surface area contributed by atoms with Crippen LogP contribution in [0.15, 0.2) is 36.4 Å². The van der Waals surface area contributed by atoms with Gasteiger partial charge < -0.3 is 15.1 Å². The van der Waals surface area contributed by atoms with Gasteiger partial charge in [-0.05, 0) is 32.9 Å². The second-order valence-electron chi connectivity index (χ2n) is 9.01. The Bertz CT molecular complexity index is 961. The van der Waals surface area contributed by atoms with Crippen molar-refractivity contribution in [2.24, 2.45) is 0 Å². The van der Waals surface area contributed by atoms with Crippen LogP contribution in [0.1, 0.15) is 31.3 Å². The minimum atomic E-state index is -0.281. The van der Waals surface area contributed by atoms with E-state index in [0.717, 1.165) is 10.9 Å². The molecule has 8 nitrogen and oxygen atoms in total. The molecule has 166 valence electrons. The van der Waals surface area contributed by atoms with Crippen molar-refractivity contribution in [2.75, 3.05) is 46.3 Å². The maximum absolute atomic E-state index is 12.7. The average molecular weight is 426 g/mol. The second-order valence-corrected chi connectivity index (χ2v) is 9.01. The fourth-order valence-electron chi connectivity index (χ4n) is 3.57. The molecule has 8 heteroatoms. The second kappa shape index (κ2) is 9.43. The molecule has 2 heterocycles. The topological polar surface area (TPSA) is 85.9 Å². The maximum atomic E-state index is 12.7. The van der Waals surface area contributed by atoms with Crippen molar-refractivity contribution >= 4 is 28.6 Å². The van der Waals surface area contributed by atoms with Gasteiger partial charge in [0.2, 0.25) is 11.8 Å². The quantitative estimate of drug-likeness (QED) is 0.782. The van der Waals surface area contributed by atoms with E-state index in [1.807, 2.05) is 56.0 Å². The molecule has 1 fully saturated rings. The molecule has 0 atom stereocenters. The SMILES string of the molecule is CN(CC(=O)N1CCN(CC(=O)NC(C)(C)C)CC1)C(=O)c1ccc2ccccc2n1. The van der Waals surface area contributed by atoms with E-state index in [2.05, 4.69) is 10.3 Å². The number of carbonyl (C=O) groups excluding carboxylic acids is 3. The van der Waals surface area contributed by atoms with Gasteiger partial charge in [-0.3, -0.25) is 19.3 Å². The Kier molecular flexibility index (Phi) is 6.90. The summed E-state index contributed by atoms with van der Waals surface area (Å²) in [6.45, 7) is 8.52. The van der Waals surface area contributed by atoms with Crippen LogP contribution in [0.5, 0.6) is 0 Å². The van der Waals surface area contributed by atoms with Crippen molar-refractivity contribution in [2.45, 2.75) is 26.3 Å². The third-order valence-electron chi connectivity index (χ3n) is 5.14. The molecule has 0 spiro atoms. The third kappa shape index (κ3) is 6.24. The number of pyridine rings is 1. The lowest BCUT2D eigenvalue weighted by atomic mass is 10.1. The minimum absolute atomic E-state index is 0.00213. The van der Waals surface area contributed by atoms with E-state index < -0.39 is 0 Å². The van der Waals surface area contributed by atoms with Gasteiger partial charge in [0.05, 0.1) is 18.6 Å². The number of carbonyl (C=O) groups is 3. The molecule has 1 aliphatic rings. The van der Waals surface area contributed by atoms with Crippen molar-refractivity contribution in [3.8, 4) is 0 Å². The normalized spacial score (nSPS) is 15.0. The highest BCUT2D eigenvalue weighted by atomic mass is 16.2. The monoisotopic (exact) mass is 425 g/mol. The summed E-state index contributed by atoms with van der Waals surface area (Å²) >= 11 is 0. The van der Waals surface area contributed by atoms with Crippen LogP contribution in [0.4, 0.5) is 0 Å². The van der Waals surface area contributed by atoms with Gasteiger partial charge >= 0.3 is 0 Å². The van der Waals surface area contributed by atoms with Gasteiger partial charge in [-0.25, -0.2) is 4.98 Å². The highest BCUT2D eigenvalue weighted by molar-refractivity contribution is 5.96. The van der Waals surface area contributed by atoms with Crippen LogP contribution in [0.2, 0.25) is 0 Å². The van der Waals surface area contributed by atoms with E-state index in [4.69, 9.17) is 0 Å². The van der Waals surface area contributed by atoms with Gasteiger partial charge in [0.1, 0.15) is 5.69 Å². The number of hydrogen-bond acceptors (Lipinski definition) is 5. The van der Waals surface area contributed by atoms with Crippen LogP contribution in [0.25, 0.3) is 10.9 Å². The zero-order valence-electron chi connectivity index (χ0n) is 18.7. The number of benzene rings is 1. The number of para-hydroxylation sites is 1. The molecule has 3 rings (SSSR count). The van der Waals surface area contributed by atoms with Crippen molar-refractivity contribution in [1.82, 2.24) is 25.0 Å². The number of aromatic nitrogens is 1. The molecular weight excluding hydrogens is 394 g/mol. The molecule has 0 bridgehead atoms. The molecule has 0 unspecified atom stereocenters. The summed E-state index contributed by atoms with van der Waals surface area (Å²) in [4.78, 5) is 47.1. The summed E-state index contributed by atoms with van der Waals surface area (Å²) in [6.07, 6.45) is 0. The Balaban J connectivity index is 1.49. The highest BCUT2D eigenvalue weighted by Crippen LogP contribution is 2.13. The maximum Gasteiger partial charge on any atom is 0.272 e. The van der Waals surface area contributed by atoms with Crippen LogP contribution >= 0.6 is 0 Å². The largest absolute Gasteiger partial charge is 0.350 e. The Morgan fingerprint density at radius 2 is 1.71 bits per heavy atom. The third-order valence-corrected chi connectivity index (χ3v) is 5.14. The molecular formula is C23H31N5O3. The van der Waals surface area contributed by atoms with E-state index in [9.17, 15) is 14.4 Å². The van der Waals surface area contributed by atoms with E-state index in [0.29, 0.717) is 38.4 Å². The first-order valence-electron chi connectivity index (χ1n) is 10.5. The molecule has 0 saturated carbocycles. The van der Waals surface area contributed by atoms with Crippen LogP contribution in [0, 0.1) is 0 Å². The summed E-state index contributed by atoms with van der Waals surface area (Å²) in [6, 6.07) is 11.2. The fourth-order valence-corrected chi connectivity index (χ4v) is 3.57. The van der Waals surface area contributed by atoms with Gasteiger partial charge in [0.25, 0.3) is 5.91 Å². The van der Waals surface area contributed by atoms with E-state index >= 15 is 0 Å². The summed E-state index contributed by atoms with van der Waals surface area (Å²) in [5, 5.41) is 3.92. The number of piperazine rings is 1. The first kappa shape index (κ1) is 22.7. The average Bonchev–Trinajstić information content (AvgIpc) is 2.71. The Hall–Kier alpha value is -3.00. The van der Waals surface area contributed by atoms with Gasteiger partial charge in [0.15, 0.2) is 0 Å². The predicted octanol–water partition coefficient (Wildman–Crippen LogP) is 1.37. The lowest BCUT2D eigenvalue weighted by Crippen LogP contribution is -2.54. The van der Waals surface area contributed by atoms with Crippen LogP contribution in [-0.4, -0.2) is 89.3 Å². The van der Waals surface area contributed by atoms with Gasteiger partial charge in [-0.15, -0.1) is 0 Å². The zero-order valence-corrected chi connectivity index (χ0v) is 18.7. The number of nitrogens with zero attached hydrogens (tertiary/aromatic N) is 4. The van der Waals surface area contributed by atoms with Gasteiger partial charge in [0, 0.05) is 44.2 Å². The first-order chi connectivity index (χ1) is 14.6. The van der Waals surface area contributed by atoms with Crippen molar-refractivity contribution in [1.29, 1.82) is 0 Å². The number of likely N-dealkylation sites (N-methyl/N-ethyl adjacent to an activating group) is 1. The summed E-state index contributed by atoms with van der Waals surface area (Å²) < 4.78 is 0. The molecule has 3 amide bonds. The summed E-state index contributed by atoms with van der Waals surface area (Å²) in [5.41, 5.74) is 0.815. The Labute approximate surface area is 183 Å². The highest BCUT2D eigenvalue weighted by Gasteiger charge is 2.25. The molecule has 0 radical (unpaired) electrons. The number of fused-ring (bicyclic) bond motifs is 1.